The van der Waals surface area contributed by atoms with Crippen molar-refractivity contribution in [2.75, 3.05) is 19.7 Å². The molecule has 0 atom stereocenters. The lowest BCUT2D eigenvalue weighted by Gasteiger charge is -2.26. The van der Waals surface area contributed by atoms with Gasteiger partial charge in [-0.15, -0.1) is 0 Å². The van der Waals surface area contributed by atoms with E-state index in [1.807, 2.05) is 12.1 Å². The molecule has 0 aliphatic heterocycles. The van der Waals surface area contributed by atoms with E-state index in [0.717, 1.165) is 37.2 Å². The zero-order valence-electron chi connectivity index (χ0n) is 12.1. The van der Waals surface area contributed by atoms with E-state index in [1.54, 1.807) is 6.26 Å². The number of rotatable bonds is 8. The molecule has 0 aromatic carbocycles. The van der Waals surface area contributed by atoms with Crippen LogP contribution in [0, 0.1) is 11.8 Å². The monoisotopic (exact) mass is 265 g/mol. The van der Waals surface area contributed by atoms with Crippen molar-refractivity contribution in [3.63, 3.8) is 0 Å². The minimum Gasteiger partial charge on any atom is -0.467 e. The summed E-state index contributed by atoms with van der Waals surface area (Å²) in [5.41, 5.74) is 0. The highest BCUT2D eigenvalue weighted by Gasteiger charge is 2.17. The average Bonchev–Trinajstić information content (AvgIpc) is 2.93. The largest absolute Gasteiger partial charge is 0.467 e. The van der Waals surface area contributed by atoms with Gasteiger partial charge in [-0.3, -0.25) is 0 Å². The molecule has 1 aromatic rings. The molecule has 0 spiro atoms. The fourth-order valence-electron chi connectivity index (χ4n) is 2.71. The first-order valence-electron chi connectivity index (χ1n) is 7.65. The summed E-state index contributed by atoms with van der Waals surface area (Å²) in [6.45, 7) is 6.01. The summed E-state index contributed by atoms with van der Waals surface area (Å²) in [6, 6.07) is 3.84. The molecular formula is C16H27NO2. The summed E-state index contributed by atoms with van der Waals surface area (Å²) in [6.07, 6.45) is 8.40. The second-order valence-electron chi connectivity index (χ2n) is 5.82. The van der Waals surface area contributed by atoms with Gasteiger partial charge in [-0.25, -0.2) is 0 Å². The maximum atomic E-state index is 5.55. The fourth-order valence-corrected chi connectivity index (χ4v) is 2.71. The smallest absolute Gasteiger partial charge is 0.129 e. The number of nitrogens with one attached hydrogen (secondary N) is 1. The van der Waals surface area contributed by atoms with Crippen LogP contribution in [0.2, 0.25) is 0 Å². The van der Waals surface area contributed by atoms with Gasteiger partial charge in [0, 0.05) is 6.61 Å². The highest BCUT2D eigenvalue weighted by molar-refractivity contribution is 4.95. The first-order valence-corrected chi connectivity index (χ1v) is 7.65. The molecule has 1 saturated carbocycles. The quantitative estimate of drug-likeness (QED) is 0.729. The molecule has 19 heavy (non-hydrogen) atoms. The number of ether oxygens (including phenoxy) is 1. The maximum absolute atomic E-state index is 5.55. The minimum absolute atomic E-state index is 0.591. The molecule has 2 rings (SSSR count). The Labute approximate surface area is 116 Å². The molecule has 1 heterocycles. The van der Waals surface area contributed by atoms with Gasteiger partial charge in [0.15, 0.2) is 0 Å². The van der Waals surface area contributed by atoms with Crippen molar-refractivity contribution in [2.45, 2.75) is 45.6 Å². The van der Waals surface area contributed by atoms with Gasteiger partial charge < -0.3 is 14.5 Å². The Balaban J connectivity index is 1.40. The van der Waals surface area contributed by atoms with Gasteiger partial charge >= 0.3 is 0 Å². The first kappa shape index (κ1) is 14.6. The van der Waals surface area contributed by atoms with Crippen LogP contribution in [-0.2, 0) is 11.3 Å². The molecule has 0 bridgehead atoms. The second kappa shape index (κ2) is 8.39. The second-order valence-corrected chi connectivity index (χ2v) is 5.82. The van der Waals surface area contributed by atoms with Crippen LogP contribution < -0.4 is 5.32 Å². The van der Waals surface area contributed by atoms with Crippen molar-refractivity contribution < 1.29 is 9.15 Å². The van der Waals surface area contributed by atoms with E-state index in [1.165, 1.54) is 32.2 Å². The standard InChI is InChI=1S/C16H27NO2/c1-14-5-7-15(8-6-14)12-17-9-3-10-18-13-16-4-2-11-19-16/h2,4,11,14-15,17H,3,5-10,12-13H2,1H3. The molecule has 1 aliphatic carbocycles. The van der Waals surface area contributed by atoms with Crippen molar-refractivity contribution >= 4 is 0 Å². The predicted octanol–water partition coefficient (Wildman–Crippen LogP) is 3.60. The van der Waals surface area contributed by atoms with E-state index in [9.17, 15) is 0 Å². The van der Waals surface area contributed by atoms with Crippen LogP contribution in [0.15, 0.2) is 22.8 Å². The Hall–Kier alpha value is -0.800. The third-order valence-corrected chi connectivity index (χ3v) is 4.04. The Kier molecular flexibility index (Phi) is 6.45. The van der Waals surface area contributed by atoms with Gasteiger partial charge in [0.2, 0.25) is 0 Å². The van der Waals surface area contributed by atoms with Crippen molar-refractivity contribution in [1.82, 2.24) is 5.32 Å². The highest BCUT2D eigenvalue weighted by Crippen LogP contribution is 2.27. The van der Waals surface area contributed by atoms with Crippen LogP contribution in [-0.4, -0.2) is 19.7 Å². The van der Waals surface area contributed by atoms with Crippen LogP contribution in [0.3, 0.4) is 0 Å². The highest BCUT2D eigenvalue weighted by atomic mass is 16.5. The molecular weight excluding hydrogens is 238 g/mol. The molecule has 1 aliphatic rings. The topological polar surface area (TPSA) is 34.4 Å². The van der Waals surface area contributed by atoms with E-state index in [-0.39, 0.29) is 0 Å². The molecule has 1 aromatic heterocycles. The fraction of sp³-hybridized carbons (Fsp3) is 0.750. The molecule has 1 fully saturated rings. The Morgan fingerprint density at radius 3 is 2.89 bits per heavy atom. The van der Waals surface area contributed by atoms with E-state index in [4.69, 9.17) is 9.15 Å². The summed E-state index contributed by atoms with van der Waals surface area (Å²) in [4.78, 5) is 0. The lowest BCUT2D eigenvalue weighted by atomic mass is 9.83. The molecule has 0 saturated heterocycles. The van der Waals surface area contributed by atoms with Crippen LogP contribution in [0.1, 0.15) is 44.8 Å². The summed E-state index contributed by atoms with van der Waals surface area (Å²) in [5, 5.41) is 3.56. The summed E-state index contributed by atoms with van der Waals surface area (Å²) in [5.74, 6) is 2.76. The van der Waals surface area contributed by atoms with Crippen LogP contribution in [0.25, 0.3) is 0 Å². The van der Waals surface area contributed by atoms with E-state index in [0.29, 0.717) is 6.61 Å². The summed E-state index contributed by atoms with van der Waals surface area (Å²) >= 11 is 0. The normalized spacial score (nSPS) is 23.6. The predicted molar refractivity (Wildman–Crippen MR) is 77.0 cm³/mol. The molecule has 3 nitrogen and oxygen atoms in total. The molecule has 1 N–H and O–H groups in total. The first-order chi connectivity index (χ1) is 9.34. The van der Waals surface area contributed by atoms with Gasteiger partial charge in [0.05, 0.1) is 6.26 Å². The summed E-state index contributed by atoms with van der Waals surface area (Å²) < 4.78 is 10.8. The molecule has 0 amide bonds. The van der Waals surface area contributed by atoms with Crippen LogP contribution in [0.4, 0.5) is 0 Å². The van der Waals surface area contributed by atoms with Gasteiger partial charge in [0.25, 0.3) is 0 Å². The maximum Gasteiger partial charge on any atom is 0.129 e. The van der Waals surface area contributed by atoms with Crippen molar-refractivity contribution in [1.29, 1.82) is 0 Å². The van der Waals surface area contributed by atoms with Gasteiger partial charge in [-0.05, 0) is 56.3 Å². The lowest BCUT2D eigenvalue weighted by Crippen LogP contribution is -2.27. The molecule has 108 valence electrons. The zero-order chi connectivity index (χ0) is 13.3. The Morgan fingerprint density at radius 1 is 1.32 bits per heavy atom. The van der Waals surface area contributed by atoms with Crippen molar-refractivity contribution in [3.8, 4) is 0 Å². The Bertz CT molecular complexity index is 315. The summed E-state index contributed by atoms with van der Waals surface area (Å²) in [7, 11) is 0. The Morgan fingerprint density at radius 2 is 2.16 bits per heavy atom. The SMILES string of the molecule is CC1CCC(CNCCCOCc2ccco2)CC1. The average molecular weight is 265 g/mol. The molecule has 3 heteroatoms. The number of hydrogen-bond acceptors (Lipinski definition) is 3. The van der Waals surface area contributed by atoms with E-state index >= 15 is 0 Å². The van der Waals surface area contributed by atoms with Crippen LogP contribution in [0.5, 0.6) is 0 Å². The van der Waals surface area contributed by atoms with E-state index in [2.05, 4.69) is 12.2 Å². The lowest BCUT2D eigenvalue weighted by molar-refractivity contribution is 0.104. The third kappa shape index (κ3) is 5.79. The third-order valence-electron chi connectivity index (χ3n) is 4.04. The van der Waals surface area contributed by atoms with Crippen LogP contribution >= 0.6 is 0 Å². The van der Waals surface area contributed by atoms with Gasteiger partial charge in [-0.2, -0.15) is 0 Å². The number of furan rings is 1. The zero-order valence-corrected chi connectivity index (χ0v) is 12.1. The number of hydrogen-bond donors (Lipinski definition) is 1. The van der Waals surface area contributed by atoms with Crippen molar-refractivity contribution in [3.05, 3.63) is 24.2 Å². The van der Waals surface area contributed by atoms with Gasteiger partial charge in [-0.1, -0.05) is 19.8 Å². The van der Waals surface area contributed by atoms with Crippen molar-refractivity contribution in [2.24, 2.45) is 11.8 Å². The minimum atomic E-state index is 0.591. The molecule has 0 unspecified atom stereocenters. The van der Waals surface area contributed by atoms with Gasteiger partial charge in [0.1, 0.15) is 12.4 Å². The molecule has 0 radical (unpaired) electrons. The van der Waals surface area contributed by atoms with E-state index < -0.39 is 0 Å².